The van der Waals surface area contributed by atoms with E-state index >= 15 is 0 Å². The van der Waals surface area contributed by atoms with Crippen molar-refractivity contribution in [2.45, 2.75) is 39.2 Å². The van der Waals surface area contributed by atoms with Crippen LogP contribution >= 0.6 is 0 Å². The lowest BCUT2D eigenvalue weighted by atomic mass is 9.97. The molecule has 1 nitrogen and oxygen atoms in total. The maximum Gasteiger partial charge on any atom is 0.119 e. The van der Waals surface area contributed by atoms with Crippen molar-refractivity contribution in [3.63, 3.8) is 0 Å². The summed E-state index contributed by atoms with van der Waals surface area (Å²) in [6.45, 7) is 5.14. The average molecular weight is 254 g/mol. The van der Waals surface area contributed by atoms with Crippen LogP contribution in [0.5, 0.6) is 5.75 Å². The Hall–Kier alpha value is -1.76. The van der Waals surface area contributed by atoms with Gasteiger partial charge in [0.25, 0.3) is 0 Å². The second-order valence-electron chi connectivity index (χ2n) is 5.03. The normalized spacial score (nSPS) is 12.1. The van der Waals surface area contributed by atoms with E-state index in [4.69, 9.17) is 4.74 Å². The number of hydrogen-bond donors (Lipinski definition) is 0. The number of ether oxygens (including phenoxy) is 1. The van der Waals surface area contributed by atoms with E-state index in [1.165, 1.54) is 24.0 Å². The summed E-state index contributed by atoms with van der Waals surface area (Å²) in [5.74, 6) is 1.57. The topological polar surface area (TPSA) is 9.23 Å². The quantitative estimate of drug-likeness (QED) is 0.691. The van der Waals surface area contributed by atoms with Crippen molar-refractivity contribution in [2.75, 3.05) is 0 Å². The van der Waals surface area contributed by atoms with Crippen LogP contribution in [0.2, 0.25) is 0 Å². The molecule has 1 atom stereocenters. The van der Waals surface area contributed by atoms with Gasteiger partial charge in [-0.3, -0.25) is 0 Å². The third-order valence-corrected chi connectivity index (χ3v) is 3.42. The molecule has 0 spiro atoms. The third-order valence-electron chi connectivity index (χ3n) is 3.42. The maximum absolute atomic E-state index is 5.79. The van der Waals surface area contributed by atoms with Gasteiger partial charge in [0.05, 0.1) is 0 Å². The molecule has 0 radical (unpaired) electrons. The van der Waals surface area contributed by atoms with Crippen LogP contribution in [0.3, 0.4) is 0 Å². The molecule has 0 fully saturated rings. The lowest BCUT2D eigenvalue weighted by molar-refractivity contribution is 0.306. The van der Waals surface area contributed by atoms with E-state index in [2.05, 4.69) is 50.2 Å². The van der Waals surface area contributed by atoms with E-state index in [-0.39, 0.29) is 0 Å². The Bertz CT molecular complexity index is 473. The number of rotatable bonds is 6. The molecule has 1 unspecified atom stereocenters. The fourth-order valence-corrected chi connectivity index (χ4v) is 2.23. The molecular formula is C18H22O. The molecule has 0 saturated heterocycles. The van der Waals surface area contributed by atoms with Gasteiger partial charge in [-0.05, 0) is 35.6 Å². The Labute approximate surface area is 116 Å². The van der Waals surface area contributed by atoms with Crippen LogP contribution < -0.4 is 4.74 Å². The minimum atomic E-state index is 0.630. The minimum Gasteiger partial charge on any atom is -0.489 e. The first kappa shape index (κ1) is 13.7. The highest BCUT2D eigenvalue weighted by Gasteiger charge is 2.04. The molecule has 0 saturated carbocycles. The summed E-state index contributed by atoms with van der Waals surface area (Å²) in [4.78, 5) is 0. The van der Waals surface area contributed by atoms with Crippen molar-refractivity contribution >= 4 is 0 Å². The summed E-state index contributed by atoms with van der Waals surface area (Å²) < 4.78 is 5.79. The van der Waals surface area contributed by atoms with Gasteiger partial charge in [0.1, 0.15) is 12.4 Å². The van der Waals surface area contributed by atoms with Crippen molar-refractivity contribution in [2.24, 2.45) is 0 Å². The molecule has 0 heterocycles. The van der Waals surface area contributed by atoms with Crippen LogP contribution in [-0.2, 0) is 6.61 Å². The number of benzene rings is 2. The van der Waals surface area contributed by atoms with E-state index in [0.717, 1.165) is 5.75 Å². The van der Waals surface area contributed by atoms with Gasteiger partial charge in [-0.1, -0.05) is 62.7 Å². The first-order valence-corrected chi connectivity index (χ1v) is 7.06. The van der Waals surface area contributed by atoms with E-state index in [0.29, 0.717) is 12.5 Å². The molecule has 100 valence electrons. The molecule has 2 rings (SSSR count). The highest BCUT2D eigenvalue weighted by Crippen LogP contribution is 2.23. The Morgan fingerprint density at radius 3 is 2.26 bits per heavy atom. The Kier molecular flexibility index (Phi) is 5.02. The minimum absolute atomic E-state index is 0.630. The van der Waals surface area contributed by atoms with Gasteiger partial charge in [0.15, 0.2) is 0 Å². The summed E-state index contributed by atoms with van der Waals surface area (Å²) in [5.41, 5.74) is 2.60. The van der Waals surface area contributed by atoms with E-state index < -0.39 is 0 Å². The summed E-state index contributed by atoms with van der Waals surface area (Å²) in [6, 6.07) is 18.8. The third kappa shape index (κ3) is 4.13. The summed E-state index contributed by atoms with van der Waals surface area (Å²) in [6.07, 6.45) is 2.47. The molecular weight excluding hydrogens is 232 g/mol. The Balaban J connectivity index is 1.92. The second-order valence-corrected chi connectivity index (χ2v) is 5.03. The lowest BCUT2D eigenvalue weighted by Gasteiger charge is -2.12. The largest absolute Gasteiger partial charge is 0.489 e. The molecule has 0 aliphatic rings. The van der Waals surface area contributed by atoms with Gasteiger partial charge in [-0.25, -0.2) is 0 Å². The molecule has 0 aliphatic carbocycles. The molecule has 0 N–H and O–H groups in total. The molecule has 0 amide bonds. The second kappa shape index (κ2) is 6.98. The summed E-state index contributed by atoms with van der Waals surface area (Å²) in [7, 11) is 0. The Morgan fingerprint density at radius 2 is 1.63 bits per heavy atom. The van der Waals surface area contributed by atoms with E-state index in [1.54, 1.807) is 0 Å². The SMILES string of the molecule is CCCC(C)c1ccc(OCc2ccccc2)cc1. The van der Waals surface area contributed by atoms with Crippen molar-refractivity contribution < 1.29 is 4.74 Å². The maximum atomic E-state index is 5.79. The molecule has 1 heteroatoms. The lowest BCUT2D eigenvalue weighted by Crippen LogP contribution is -1.96. The molecule has 0 bridgehead atoms. The van der Waals surface area contributed by atoms with Crippen LogP contribution in [0, 0.1) is 0 Å². The standard InChI is InChI=1S/C18H22O/c1-3-7-15(2)17-10-12-18(13-11-17)19-14-16-8-5-4-6-9-16/h4-6,8-13,15H,3,7,14H2,1-2H3. The zero-order valence-electron chi connectivity index (χ0n) is 11.8. The zero-order valence-corrected chi connectivity index (χ0v) is 11.8. The highest BCUT2D eigenvalue weighted by atomic mass is 16.5. The van der Waals surface area contributed by atoms with Gasteiger partial charge in [-0.2, -0.15) is 0 Å². The fraction of sp³-hybridized carbons (Fsp3) is 0.333. The van der Waals surface area contributed by atoms with Crippen molar-refractivity contribution in [1.82, 2.24) is 0 Å². The monoisotopic (exact) mass is 254 g/mol. The Morgan fingerprint density at radius 1 is 0.947 bits per heavy atom. The molecule has 0 aromatic heterocycles. The van der Waals surface area contributed by atoms with Gasteiger partial charge in [0.2, 0.25) is 0 Å². The summed E-state index contributed by atoms with van der Waals surface area (Å²) in [5, 5.41) is 0. The van der Waals surface area contributed by atoms with Crippen LogP contribution in [0.1, 0.15) is 43.7 Å². The first-order valence-electron chi connectivity index (χ1n) is 7.06. The van der Waals surface area contributed by atoms with Gasteiger partial charge in [-0.15, -0.1) is 0 Å². The van der Waals surface area contributed by atoms with Crippen molar-refractivity contribution in [1.29, 1.82) is 0 Å². The zero-order chi connectivity index (χ0) is 13.5. The highest BCUT2D eigenvalue weighted by molar-refractivity contribution is 5.29. The fourth-order valence-electron chi connectivity index (χ4n) is 2.23. The predicted molar refractivity (Wildman–Crippen MR) is 80.5 cm³/mol. The molecule has 19 heavy (non-hydrogen) atoms. The van der Waals surface area contributed by atoms with E-state index in [1.807, 2.05) is 18.2 Å². The number of hydrogen-bond acceptors (Lipinski definition) is 1. The van der Waals surface area contributed by atoms with Crippen LogP contribution in [0.15, 0.2) is 54.6 Å². The smallest absolute Gasteiger partial charge is 0.119 e. The molecule has 0 aliphatic heterocycles. The van der Waals surface area contributed by atoms with Crippen molar-refractivity contribution in [3.05, 3.63) is 65.7 Å². The molecule has 2 aromatic carbocycles. The average Bonchev–Trinajstić information content (AvgIpc) is 2.47. The van der Waals surface area contributed by atoms with Gasteiger partial charge < -0.3 is 4.74 Å². The van der Waals surface area contributed by atoms with Crippen LogP contribution in [0.4, 0.5) is 0 Å². The van der Waals surface area contributed by atoms with E-state index in [9.17, 15) is 0 Å². The molecule has 2 aromatic rings. The van der Waals surface area contributed by atoms with Crippen LogP contribution in [0.25, 0.3) is 0 Å². The summed E-state index contributed by atoms with van der Waals surface area (Å²) >= 11 is 0. The van der Waals surface area contributed by atoms with Crippen molar-refractivity contribution in [3.8, 4) is 5.75 Å². The van der Waals surface area contributed by atoms with Crippen LogP contribution in [-0.4, -0.2) is 0 Å². The predicted octanol–water partition coefficient (Wildman–Crippen LogP) is 5.17. The van der Waals surface area contributed by atoms with Gasteiger partial charge in [0, 0.05) is 0 Å². The first-order chi connectivity index (χ1) is 9.29. The van der Waals surface area contributed by atoms with Gasteiger partial charge >= 0.3 is 0 Å².